The Hall–Kier alpha value is -1.75. The molecule has 164 valence electrons. The second-order valence-electron chi connectivity index (χ2n) is 10.5. The fraction of sp³-hybridized carbons (Fsp3) is 0.652. The number of hydrogen-bond acceptors (Lipinski definition) is 5. The summed E-state index contributed by atoms with van der Waals surface area (Å²) in [4.78, 5) is 14.3. The first-order valence-electron chi connectivity index (χ1n) is 10.5. The largest absolute Gasteiger partial charge is 0.598 e. The molecule has 6 nitrogen and oxygen atoms in total. The van der Waals surface area contributed by atoms with Crippen LogP contribution in [0.15, 0.2) is 18.2 Å². The third-order valence-corrected chi connectivity index (χ3v) is 7.50. The summed E-state index contributed by atoms with van der Waals surface area (Å²) in [6.45, 7) is 12.7. The van der Waals surface area contributed by atoms with Crippen LogP contribution in [0.2, 0.25) is 0 Å². The fourth-order valence-corrected chi connectivity index (χ4v) is 5.25. The van der Waals surface area contributed by atoms with Crippen LogP contribution >= 0.6 is 0 Å². The zero-order chi connectivity index (χ0) is 22.3. The summed E-state index contributed by atoms with van der Waals surface area (Å²) >= 11 is -1.24. The number of likely N-dealkylation sites (tertiary alicyclic amines) is 1. The maximum absolute atomic E-state index is 13.0. The molecule has 2 aliphatic rings. The fourth-order valence-electron chi connectivity index (χ4n) is 4.30. The van der Waals surface area contributed by atoms with Crippen molar-refractivity contribution >= 4 is 17.5 Å². The Bertz CT molecular complexity index is 843. The van der Waals surface area contributed by atoms with Gasteiger partial charge in [0.2, 0.25) is 0 Å². The van der Waals surface area contributed by atoms with Crippen molar-refractivity contribution in [3.8, 4) is 6.07 Å². The van der Waals surface area contributed by atoms with Gasteiger partial charge in [0.05, 0.1) is 17.7 Å². The molecule has 1 aliphatic heterocycles. The van der Waals surface area contributed by atoms with E-state index in [1.54, 1.807) is 4.90 Å². The van der Waals surface area contributed by atoms with Gasteiger partial charge >= 0.3 is 6.09 Å². The van der Waals surface area contributed by atoms with Crippen molar-refractivity contribution in [3.63, 3.8) is 0 Å². The number of amides is 1. The van der Waals surface area contributed by atoms with Gasteiger partial charge in [-0.25, -0.2) is 4.79 Å². The number of nitriles is 1. The van der Waals surface area contributed by atoms with Crippen molar-refractivity contribution in [1.82, 2.24) is 9.62 Å². The number of benzene rings is 1. The van der Waals surface area contributed by atoms with E-state index in [0.29, 0.717) is 18.7 Å². The van der Waals surface area contributed by atoms with Gasteiger partial charge in [-0.1, -0.05) is 6.07 Å². The van der Waals surface area contributed by atoms with Gasteiger partial charge in [-0.2, -0.15) is 5.26 Å². The molecule has 1 N–H and O–H groups in total. The highest BCUT2D eigenvalue weighted by atomic mass is 32.2. The van der Waals surface area contributed by atoms with Crippen LogP contribution < -0.4 is 4.72 Å². The molecule has 1 saturated heterocycles. The van der Waals surface area contributed by atoms with E-state index in [0.717, 1.165) is 24.8 Å². The monoisotopic (exact) mass is 431 g/mol. The first-order chi connectivity index (χ1) is 13.8. The number of carbonyl (C=O) groups excluding carboxylic acids is 1. The predicted molar refractivity (Wildman–Crippen MR) is 118 cm³/mol. The summed E-state index contributed by atoms with van der Waals surface area (Å²) in [5.41, 5.74) is 2.23. The standard InChI is InChI=1S/C23H33N3O3S/c1-21(2,3)29-20(27)26-11-9-23(10-12-26)14-17-8-7-16(15-24)13-18(17)19(23)25-30(28)22(4,5)6/h7-8,13,19,25H,9-12,14H2,1-6H3/t19-,30?/m0/s1. The molecule has 2 atom stereocenters. The maximum atomic E-state index is 13.0. The molecule has 1 unspecified atom stereocenters. The van der Waals surface area contributed by atoms with E-state index in [-0.39, 0.29) is 17.6 Å². The Kier molecular flexibility index (Phi) is 6.16. The number of ether oxygens (including phenoxy) is 1. The SMILES string of the molecule is CC(C)(C)OC(=O)N1CCC2(CC1)Cc1ccc(C#N)cc1[C@@H]2N[S+]([O-])C(C)(C)C. The van der Waals surface area contributed by atoms with E-state index in [4.69, 9.17) is 4.74 Å². The average molecular weight is 432 g/mol. The number of hydrogen-bond donors (Lipinski definition) is 1. The minimum Gasteiger partial charge on any atom is -0.598 e. The number of carbonyl (C=O) groups is 1. The Morgan fingerprint density at radius 3 is 2.43 bits per heavy atom. The summed E-state index contributed by atoms with van der Waals surface area (Å²) in [5, 5.41) is 9.37. The van der Waals surface area contributed by atoms with E-state index >= 15 is 0 Å². The lowest BCUT2D eigenvalue weighted by Crippen LogP contribution is -2.51. The summed E-state index contributed by atoms with van der Waals surface area (Å²) in [7, 11) is 0. The van der Waals surface area contributed by atoms with Crippen LogP contribution in [-0.2, 0) is 22.5 Å². The Labute approximate surface area is 183 Å². The van der Waals surface area contributed by atoms with Crippen LogP contribution in [-0.4, -0.2) is 39.0 Å². The van der Waals surface area contributed by atoms with E-state index < -0.39 is 21.7 Å². The minimum atomic E-state index is -1.24. The van der Waals surface area contributed by atoms with Crippen LogP contribution in [0.3, 0.4) is 0 Å². The molecule has 1 aromatic carbocycles. The molecule has 1 spiro atoms. The van der Waals surface area contributed by atoms with Crippen LogP contribution in [0.1, 0.15) is 77.1 Å². The Morgan fingerprint density at radius 2 is 1.90 bits per heavy atom. The quantitative estimate of drug-likeness (QED) is 0.708. The second-order valence-corrected chi connectivity index (χ2v) is 12.5. The van der Waals surface area contributed by atoms with Crippen molar-refractivity contribution in [2.24, 2.45) is 5.41 Å². The van der Waals surface area contributed by atoms with E-state index in [1.165, 1.54) is 5.56 Å². The first kappa shape index (κ1) is 22.9. The molecule has 1 fully saturated rings. The second kappa shape index (κ2) is 8.07. The maximum Gasteiger partial charge on any atom is 0.410 e. The topological polar surface area (TPSA) is 88.4 Å². The summed E-state index contributed by atoms with van der Waals surface area (Å²) in [6, 6.07) is 7.92. The Balaban J connectivity index is 1.84. The third-order valence-electron chi connectivity index (χ3n) is 5.93. The lowest BCUT2D eigenvalue weighted by Gasteiger charge is -2.43. The molecular weight excluding hydrogens is 398 g/mol. The van der Waals surface area contributed by atoms with E-state index in [1.807, 2.05) is 59.7 Å². The summed E-state index contributed by atoms with van der Waals surface area (Å²) in [6.07, 6.45) is 2.17. The molecule has 1 aliphatic carbocycles. The molecule has 1 amide bonds. The predicted octanol–water partition coefficient (Wildman–Crippen LogP) is 4.22. The van der Waals surface area contributed by atoms with Gasteiger partial charge in [0.1, 0.15) is 10.3 Å². The van der Waals surface area contributed by atoms with Crippen molar-refractivity contribution in [2.45, 2.75) is 77.2 Å². The number of nitrogens with zero attached hydrogens (tertiary/aromatic N) is 2. The Morgan fingerprint density at radius 1 is 1.27 bits per heavy atom. The number of rotatable bonds is 2. The average Bonchev–Trinajstić information content (AvgIpc) is 2.92. The molecule has 1 heterocycles. The zero-order valence-corrected chi connectivity index (χ0v) is 19.7. The van der Waals surface area contributed by atoms with Gasteiger partial charge in [0.15, 0.2) is 0 Å². The lowest BCUT2D eigenvalue weighted by molar-refractivity contribution is 0.00716. The molecule has 1 aromatic rings. The van der Waals surface area contributed by atoms with Crippen molar-refractivity contribution in [3.05, 3.63) is 34.9 Å². The molecule has 0 saturated carbocycles. The number of nitrogens with one attached hydrogen (secondary N) is 1. The first-order valence-corrected chi connectivity index (χ1v) is 11.7. The van der Waals surface area contributed by atoms with Crippen molar-refractivity contribution < 1.29 is 14.1 Å². The summed E-state index contributed by atoms with van der Waals surface area (Å²) < 4.78 is 21.5. The van der Waals surface area contributed by atoms with Crippen molar-refractivity contribution in [1.29, 1.82) is 5.26 Å². The highest BCUT2D eigenvalue weighted by molar-refractivity contribution is 7.90. The van der Waals surface area contributed by atoms with Crippen LogP contribution in [0.4, 0.5) is 4.79 Å². The molecule has 30 heavy (non-hydrogen) atoms. The highest BCUT2D eigenvalue weighted by Crippen LogP contribution is 2.52. The molecule has 0 aromatic heterocycles. The smallest absolute Gasteiger partial charge is 0.410 e. The van der Waals surface area contributed by atoms with Crippen LogP contribution in [0.25, 0.3) is 0 Å². The zero-order valence-electron chi connectivity index (χ0n) is 18.9. The van der Waals surface area contributed by atoms with E-state index in [2.05, 4.69) is 10.8 Å². The molecular formula is C23H33N3O3S. The number of fused-ring (bicyclic) bond motifs is 1. The molecule has 7 heteroatoms. The molecule has 0 bridgehead atoms. The minimum absolute atomic E-state index is 0.110. The van der Waals surface area contributed by atoms with Crippen LogP contribution in [0, 0.1) is 16.7 Å². The van der Waals surface area contributed by atoms with Crippen molar-refractivity contribution in [2.75, 3.05) is 13.1 Å². The normalized spacial score (nSPS) is 21.8. The summed E-state index contributed by atoms with van der Waals surface area (Å²) in [5.74, 6) is 0. The van der Waals surface area contributed by atoms with Gasteiger partial charge < -0.3 is 14.2 Å². The molecule has 3 rings (SSSR count). The van der Waals surface area contributed by atoms with Gasteiger partial charge in [-0.3, -0.25) is 0 Å². The third kappa shape index (κ3) is 4.77. The van der Waals surface area contributed by atoms with Gasteiger partial charge in [-0.15, -0.1) is 4.72 Å². The number of piperidine rings is 1. The van der Waals surface area contributed by atoms with Crippen LogP contribution in [0.5, 0.6) is 0 Å². The van der Waals surface area contributed by atoms with E-state index in [9.17, 15) is 14.6 Å². The highest BCUT2D eigenvalue weighted by Gasteiger charge is 2.51. The van der Waals surface area contributed by atoms with Gasteiger partial charge in [-0.05, 0) is 84.1 Å². The van der Waals surface area contributed by atoms with Gasteiger partial charge in [0.25, 0.3) is 0 Å². The van der Waals surface area contributed by atoms with Gasteiger partial charge in [0, 0.05) is 29.9 Å². The lowest BCUT2D eigenvalue weighted by atomic mass is 9.73. The molecule has 0 radical (unpaired) electrons.